The number of carboxylic acid groups (broad SMARTS) is 2. The molecule has 2 aliphatic heterocycles. The molecular weight excluding hydrogens is 1140 g/mol. The number of hydrogen-bond acceptors (Lipinski definition) is 22. The highest BCUT2D eigenvalue weighted by atomic mass is 16.7. The van der Waals surface area contributed by atoms with Crippen molar-refractivity contribution < 1.29 is 113 Å². The van der Waals surface area contributed by atoms with Crippen LogP contribution in [0.1, 0.15) is 86.6 Å². The first kappa shape index (κ1) is 73.2. The van der Waals surface area contributed by atoms with E-state index in [0.29, 0.717) is 12.0 Å². The Labute approximate surface area is 494 Å². The van der Waals surface area contributed by atoms with E-state index in [0.717, 1.165) is 6.92 Å². The molecule has 0 saturated carbocycles. The van der Waals surface area contributed by atoms with E-state index in [-0.39, 0.29) is 6.42 Å². The van der Waals surface area contributed by atoms with Gasteiger partial charge < -0.3 is 113 Å². The summed E-state index contributed by atoms with van der Waals surface area (Å²) in [5, 5.41) is 104. The van der Waals surface area contributed by atoms with Gasteiger partial charge >= 0.3 is 11.9 Å². The maximum Gasteiger partial charge on any atom is 0.326 e. The van der Waals surface area contributed by atoms with E-state index >= 15 is 0 Å². The number of rotatable bonds is 33. The van der Waals surface area contributed by atoms with E-state index in [1.165, 1.54) is 34.6 Å². The summed E-state index contributed by atoms with van der Waals surface area (Å²) < 4.78 is 23.1. The third-order valence-corrected chi connectivity index (χ3v) is 14.1. The highest BCUT2D eigenvalue weighted by molar-refractivity contribution is 5.98. The second kappa shape index (κ2) is 34.9. The van der Waals surface area contributed by atoms with Crippen molar-refractivity contribution in [3.05, 3.63) is 35.9 Å². The number of amides is 9. The van der Waals surface area contributed by atoms with E-state index < -0.39 is 226 Å². The molecule has 19 N–H and O–H groups in total. The lowest BCUT2D eigenvalue weighted by atomic mass is 9.95. The lowest BCUT2D eigenvalue weighted by Gasteiger charge is -2.47. The molecule has 0 radical (unpaired) electrons. The van der Waals surface area contributed by atoms with Crippen LogP contribution in [0.5, 0.6) is 0 Å². The average molecular weight is 1230 g/mol. The number of ether oxygens (including phenoxy) is 4. The summed E-state index contributed by atoms with van der Waals surface area (Å²) in [6.45, 7) is 8.29. The number of carbonyl (C=O) groups excluding carboxylic acids is 9. The Morgan fingerprint density at radius 1 is 0.570 bits per heavy atom. The molecule has 0 aliphatic carbocycles. The summed E-state index contributed by atoms with van der Waals surface area (Å²) in [7, 11) is 0. The molecule has 2 heterocycles. The van der Waals surface area contributed by atoms with Crippen molar-refractivity contribution in [2.45, 2.75) is 203 Å². The molecule has 484 valence electrons. The Morgan fingerprint density at radius 3 is 1.52 bits per heavy atom. The molecule has 2 fully saturated rings. The van der Waals surface area contributed by atoms with Crippen molar-refractivity contribution >= 4 is 65.1 Å². The summed E-state index contributed by atoms with van der Waals surface area (Å²) in [5.74, 6) is -11.4. The zero-order valence-corrected chi connectivity index (χ0v) is 48.9. The van der Waals surface area contributed by atoms with Crippen LogP contribution in [0.3, 0.4) is 0 Å². The molecule has 2 saturated heterocycles. The second-order valence-electron chi connectivity index (χ2n) is 21.1. The number of carbonyl (C=O) groups is 11. The van der Waals surface area contributed by atoms with E-state index in [1.807, 2.05) is 0 Å². The average Bonchev–Trinajstić information content (AvgIpc) is 1.39. The third kappa shape index (κ3) is 22.0. The number of aliphatic carboxylic acids is 2. The molecule has 1 aromatic rings. The Morgan fingerprint density at radius 2 is 1.02 bits per heavy atom. The number of nitrogens with one attached hydrogen (secondary N) is 9. The minimum atomic E-state index is -2.00. The normalized spacial score (nSPS) is 25.4. The first-order chi connectivity index (χ1) is 40.3. The predicted molar refractivity (Wildman–Crippen MR) is 294 cm³/mol. The SMILES string of the molecule is CC[C@H](C)[C@H](NC(=O)[C@H](C)NC(=O)[C@H](C)NC(=O)[C@H](C)NC(=O)[C@H](Cc1ccccc1)NC(=O)[C@H](CCO[C@H]1O[C@H](CO)[C@H](O)[C@H](O[C@@H]2O[C@H](CO)[C@H](O)[C@H](O)[C@H]2O)[C@H]1NC(C)=O)NC(=O)[C@H](C)NC(=O)[C@H](CCC(=O)O)NC(=O)[C@H](C)N)C(=O)O. The number of aliphatic hydroxyl groups is 6. The maximum absolute atomic E-state index is 14.6. The number of nitrogens with two attached hydrogens (primary N) is 1. The van der Waals surface area contributed by atoms with Gasteiger partial charge in [0.05, 0.1) is 25.9 Å². The number of carboxylic acids is 2. The van der Waals surface area contributed by atoms with Gasteiger partial charge in [-0.3, -0.25) is 47.9 Å². The first-order valence-electron chi connectivity index (χ1n) is 27.8. The first-order valence-corrected chi connectivity index (χ1v) is 27.8. The molecule has 0 unspecified atom stereocenters. The van der Waals surface area contributed by atoms with Crippen molar-refractivity contribution in [2.75, 3.05) is 19.8 Å². The van der Waals surface area contributed by atoms with Crippen LogP contribution in [-0.4, -0.2) is 242 Å². The molecule has 1 aromatic carbocycles. The van der Waals surface area contributed by atoms with E-state index in [1.54, 1.807) is 44.2 Å². The zero-order valence-electron chi connectivity index (χ0n) is 48.9. The Kier molecular flexibility index (Phi) is 29.7. The molecule has 0 aromatic heterocycles. The van der Waals surface area contributed by atoms with Crippen molar-refractivity contribution in [1.29, 1.82) is 0 Å². The van der Waals surface area contributed by atoms with Gasteiger partial charge in [0, 0.05) is 26.2 Å². The predicted octanol–water partition coefficient (Wildman–Crippen LogP) is -7.30. The van der Waals surface area contributed by atoms with Crippen LogP contribution in [0.15, 0.2) is 30.3 Å². The molecule has 33 nitrogen and oxygen atoms in total. The lowest BCUT2D eigenvalue weighted by Crippen LogP contribution is -2.68. The summed E-state index contributed by atoms with van der Waals surface area (Å²) in [4.78, 5) is 144. The van der Waals surface area contributed by atoms with E-state index in [4.69, 9.17) is 24.7 Å². The van der Waals surface area contributed by atoms with Crippen LogP contribution in [0.2, 0.25) is 0 Å². The quantitative estimate of drug-likeness (QED) is 0.0311. The molecular formula is C53H84N10O23. The lowest BCUT2D eigenvalue weighted by molar-refractivity contribution is -0.344. The van der Waals surface area contributed by atoms with Gasteiger partial charge in [0.25, 0.3) is 0 Å². The monoisotopic (exact) mass is 1230 g/mol. The van der Waals surface area contributed by atoms with Gasteiger partial charge in [-0.2, -0.15) is 0 Å². The van der Waals surface area contributed by atoms with Crippen molar-refractivity contribution in [2.24, 2.45) is 11.7 Å². The summed E-state index contributed by atoms with van der Waals surface area (Å²) in [5.41, 5.74) is 6.11. The molecule has 86 heavy (non-hydrogen) atoms. The summed E-state index contributed by atoms with van der Waals surface area (Å²) in [6.07, 6.45) is -17.4. The van der Waals surface area contributed by atoms with Gasteiger partial charge in [0.15, 0.2) is 12.6 Å². The molecule has 33 heteroatoms. The highest BCUT2D eigenvalue weighted by Gasteiger charge is 2.52. The maximum atomic E-state index is 14.6. The zero-order chi connectivity index (χ0) is 64.9. The fourth-order valence-electron chi connectivity index (χ4n) is 8.66. The van der Waals surface area contributed by atoms with Gasteiger partial charge in [-0.05, 0) is 52.5 Å². The molecule has 0 bridgehead atoms. The van der Waals surface area contributed by atoms with Crippen molar-refractivity contribution in [3.63, 3.8) is 0 Å². The summed E-state index contributed by atoms with van der Waals surface area (Å²) >= 11 is 0. The molecule has 3 rings (SSSR count). The standard InChI is InChI=1S/C53H84N10O23/c1-9-22(2)36(51(81)82)63-47(77)27(7)56-44(74)24(4)55-45(75)25(5)58-50(80)32(19-29-13-11-10-12-14-29)62-49(79)31(61-46(76)26(6)57-48(78)30(15-16-35(67)68)60-43(73)23(3)54)17-18-83-52-37(59-28(8)66)42(39(70)34(21-65)84-52)86-53-41(72)40(71)38(69)33(20-64)85-53/h10-14,22-27,30-34,36-42,52-53,64-65,69-72H,9,15-21,54H2,1-8H3,(H,55,75)(H,56,74)(H,57,78)(H,58,80)(H,59,66)(H,60,73)(H,61,76)(H,62,79)(H,63,77)(H,67,68)(H,81,82)/t22-,23-,24-,25-,26-,27-,30-,31-,32-,33+,34+,36-,37+,38-,39-,40-,41+,42+,52-,53-/m0/s1. The highest BCUT2D eigenvalue weighted by Crippen LogP contribution is 2.30. The number of benzene rings is 1. The minimum absolute atomic E-state index is 0.255. The summed E-state index contributed by atoms with van der Waals surface area (Å²) in [6, 6.07) is -6.19. The van der Waals surface area contributed by atoms with Crippen molar-refractivity contribution in [1.82, 2.24) is 47.9 Å². The van der Waals surface area contributed by atoms with Crippen LogP contribution in [-0.2, 0) is 78.1 Å². The van der Waals surface area contributed by atoms with E-state index in [2.05, 4.69) is 47.9 Å². The molecule has 20 atom stereocenters. The Balaban J connectivity index is 1.96. The fourth-order valence-corrected chi connectivity index (χ4v) is 8.66. The van der Waals surface area contributed by atoms with Gasteiger partial charge in [0.1, 0.15) is 97.1 Å². The van der Waals surface area contributed by atoms with Gasteiger partial charge in [-0.1, -0.05) is 50.6 Å². The number of hydrogen-bond donors (Lipinski definition) is 18. The van der Waals surface area contributed by atoms with Crippen LogP contribution >= 0.6 is 0 Å². The van der Waals surface area contributed by atoms with Crippen LogP contribution < -0.4 is 53.6 Å². The smallest absolute Gasteiger partial charge is 0.326 e. The molecule has 2 aliphatic rings. The molecule has 9 amide bonds. The number of aliphatic hydroxyl groups excluding tert-OH is 6. The molecule has 0 spiro atoms. The Bertz CT molecular complexity index is 2480. The minimum Gasteiger partial charge on any atom is -0.481 e. The second-order valence-corrected chi connectivity index (χ2v) is 21.1. The van der Waals surface area contributed by atoms with Crippen molar-refractivity contribution in [3.8, 4) is 0 Å². The van der Waals surface area contributed by atoms with Gasteiger partial charge in [-0.25, -0.2) is 4.79 Å². The Hall–Kier alpha value is -7.05. The van der Waals surface area contributed by atoms with E-state index in [9.17, 15) is 93.6 Å². The third-order valence-electron chi connectivity index (χ3n) is 14.1. The fraction of sp³-hybridized carbons (Fsp3) is 0.679. The van der Waals surface area contributed by atoms with Gasteiger partial charge in [-0.15, -0.1) is 0 Å². The van der Waals surface area contributed by atoms with Crippen LogP contribution in [0, 0.1) is 5.92 Å². The topological polar surface area (TPSA) is 521 Å². The van der Waals surface area contributed by atoms with Gasteiger partial charge in [0.2, 0.25) is 53.2 Å². The van der Waals surface area contributed by atoms with Crippen LogP contribution in [0.25, 0.3) is 0 Å². The van der Waals surface area contributed by atoms with Crippen LogP contribution in [0.4, 0.5) is 0 Å². The largest absolute Gasteiger partial charge is 0.481 e.